The van der Waals surface area contributed by atoms with Gasteiger partial charge in [0.25, 0.3) is 0 Å². The van der Waals surface area contributed by atoms with Gasteiger partial charge in [-0.05, 0) is 46.6 Å². The van der Waals surface area contributed by atoms with Crippen LogP contribution in [0.3, 0.4) is 0 Å². The summed E-state index contributed by atoms with van der Waals surface area (Å²) in [6.07, 6.45) is 0. The van der Waals surface area contributed by atoms with Crippen molar-refractivity contribution in [2.45, 2.75) is 6.92 Å². The van der Waals surface area contributed by atoms with Gasteiger partial charge in [0.2, 0.25) is 5.28 Å². The molecule has 0 fully saturated rings. The second-order valence-electron chi connectivity index (χ2n) is 3.72. The molecular formula is C12H9BrClN3O2. The van der Waals surface area contributed by atoms with E-state index in [0.29, 0.717) is 21.7 Å². The van der Waals surface area contributed by atoms with Crippen molar-refractivity contribution in [3.05, 3.63) is 45.3 Å². The Morgan fingerprint density at radius 1 is 1.37 bits per heavy atom. The van der Waals surface area contributed by atoms with Crippen molar-refractivity contribution in [2.75, 3.05) is 5.32 Å². The summed E-state index contributed by atoms with van der Waals surface area (Å²) in [5, 5.41) is 12.1. The number of para-hydroxylation sites is 1. The molecule has 0 amide bonds. The molecule has 0 saturated heterocycles. The van der Waals surface area contributed by atoms with Crippen LogP contribution in [0.25, 0.3) is 0 Å². The summed E-state index contributed by atoms with van der Waals surface area (Å²) < 4.78 is 0.636. The Balaban J connectivity index is 2.45. The summed E-state index contributed by atoms with van der Waals surface area (Å²) in [7, 11) is 0. The van der Waals surface area contributed by atoms with Gasteiger partial charge in [-0.1, -0.05) is 12.1 Å². The molecule has 2 rings (SSSR count). The molecule has 19 heavy (non-hydrogen) atoms. The predicted octanol–water partition coefficient (Wildman–Crippen LogP) is 3.64. The van der Waals surface area contributed by atoms with Crippen molar-refractivity contribution in [1.82, 2.24) is 9.97 Å². The number of aromatic nitrogens is 2. The van der Waals surface area contributed by atoms with E-state index in [4.69, 9.17) is 16.7 Å². The molecule has 0 aliphatic carbocycles. The van der Waals surface area contributed by atoms with E-state index < -0.39 is 5.97 Å². The molecule has 0 radical (unpaired) electrons. The summed E-state index contributed by atoms with van der Waals surface area (Å²) in [6, 6.07) is 6.55. The first-order valence-corrected chi connectivity index (χ1v) is 6.45. The van der Waals surface area contributed by atoms with Gasteiger partial charge in [0.15, 0.2) is 0 Å². The first kappa shape index (κ1) is 13.8. The number of halogens is 2. The molecule has 2 N–H and O–H groups in total. The Bertz CT molecular complexity index is 649. The van der Waals surface area contributed by atoms with Gasteiger partial charge in [0, 0.05) is 0 Å². The second kappa shape index (κ2) is 5.54. The van der Waals surface area contributed by atoms with Crippen molar-refractivity contribution >= 4 is 45.0 Å². The largest absolute Gasteiger partial charge is 0.478 e. The second-order valence-corrected chi connectivity index (χ2v) is 4.85. The Morgan fingerprint density at radius 3 is 2.74 bits per heavy atom. The van der Waals surface area contributed by atoms with Gasteiger partial charge in [-0.25, -0.2) is 9.78 Å². The molecule has 0 aliphatic rings. The molecule has 0 bridgehead atoms. The van der Waals surface area contributed by atoms with Gasteiger partial charge in [-0.2, -0.15) is 4.98 Å². The van der Waals surface area contributed by atoms with Crippen molar-refractivity contribution < 1.29 is 9.90 Å². The van der Waals surface area contributed by atoms with E-state index in [1.165, 1.54) is 6.07 Å². The Labute approximate surface area is 122 Å². The maximum absolute atomic E-state index is 11.1. The van der Waals surface area contributed by atoms with E-state index in [-0.39, 0.29) is 10.8 Å². The summed E-state index contributed by atoms with van der Waals surface area (Å²) in [4.78, 5) is 19.1. The molecule has 0 aliphatic heterocycles. The highest BCUT2D eigenvalue weighted by Gasteiger charge is 2.13. The van der Waals surface area contributed by atoms with Crippen molar-refractivity contribution in [2.24, 2.45) is 0 Å². The number of rotatable bonds is 3. The third-order valence-electron chi connectivity index (χ3n) is 2.40. The van der Waals surface area contributed by atoms with Gasteiger partial charge in [0.05, 0.1) is 21.4 Å². The highest BCUT2D eigenvalue weighted by Crippen LogP contribution is 2.28. The van der Waals surface area contributed by atoms with Crippen LogP contribution in [0.4, 0.5) is 11.5 Å². The van der Waals surface area contributed by atoms with E-state index >= 15 is 0 Å². The average molecular weight is 343 g/mol. The Kier molecular flexibility index (Phi) is 4.01. The predicted molar refractivity (Wildman–Crippen MR) is 76.2 cm³/mol. The number of aryl methyl sites for hydroxylation is 1. The molecular weight excluding hydrogens is 334 g/mol. The molecule has 1 aromatic carbocycles. The quantitative estimate of drug-likeness (QED) is 0.833. The lowest BCUT2D eigenvalue weighted by Gasteiger charge is -2.11. The van der Waals surface area contributed by atoms with Crippen LogP contribution in [0.2, 0.25) is 5.28 Å². The molecule has 98 valence electrons. The van der Waals surface area contributed by atoms with E-state index in [1.807, 2.05) is 0 Å². The lowest BCUT2D eigenvalue weighted by atomic mass is 10.2. The van der Waals surface area contributed by atoms with Crippen LogP contribution in [-0.2, 0) is 0 Å². The fourth-order valence-electron chi connectivity index (χ4n) is 1.51. The number of nitrogens with zero attached hydrogens (tertiary/aromatic N) is 2. The van der Waals surface area contributed by atoms with Crippen LogP contribution in [-0.4, -0.2) is 21.0 Å². The zero-order valence-corrected chi connectivity index (χ0v) is 12.2. The molecule has 7 heteroatoms. The normalized spacial score (nSPS) is 10.3. The minimum absolute atomic E-state index is 0.0935. The molecule has 1 aromatic heterocycles. The van der Waals surface area contributed by atoms with E-state index in [9.17, 15) is 4.79 Å². The highest BCUT2D eigenvalue weighted by molar-refractivity contribution is 9.10. The number of nitrogens with one attached hydrogen (secondary N) is 1. The lowest BCUT2D eigenvalue weighted by molar-refractivity contribution is 0.0698. The van der Waals surface area contributed by atoms with Gasteiger partial charge < -0.3 is 10.4 Å². The van der Waals surface area contributed by atoms with Crippen molar-refractivity contribution in [3.63, 3.8) is 0 Å². The zero-order chi connectivity index (χ0) is 14.0. The molecule has 2 aromatic rings. The number of hydrogen-bond acceptors (Lipinski definition) is 4. The summed E-state index contributed by atoms with van der Waals surface area (Å²) in [5.74, 6) is -0.595. The fourth-order valence-corrected chi connectivity index (χ4v) is 2.00. The molecule has 5 nitrogen and oxygen atoms in total. The maximum atomic E-state index is 11.1. The minimum atomic E-state index is -1.02. The number of carboxylic acid groups (broad SMARTS) is 1. The molecule has 0 unspecified atom stereocenters. The maximum Gasteiger partial charge on any atom is 0.337 e. The number of hydrogen-bond donors (Lipinski definition) is 2. The average Bonchev–Trinajstić information content (AvgIpc) is 2.35. The molecule has 0 atom stereocenters. The zero-order valence-electron chi connectivity index (χ0n) is 9.82. The summed E-state index contributed by atoms with van der Waals surface area (Å²) in [5.41, 5.74) is 1.25. The summed E-state index contributed by atoms with van der Waals surface area (Å²) >= 11 is 9.13. The van der Waals surface area contributed by atoms with Crippen LogP contribution in [0.1, 0.15) is 16.1 Å². The SMILES string of the molecule is Cc1nc(Cl)nc(Nc2ccccc2C(=O)O)c1Br. The number of aromatic carboxylic acids is 1. The number of benzene rings is 1. The third kappa shape index (κ3) is 3.02. The standard InChI is InChI=1S/C12H9BrClN3O2/c1-6-9(13)10(17-12(14)15-6)16-8-5-3-2-4-7(8)11(18)19/h2-5H,1H3,(H,18,19)(H,15,16,17). The number of carboxylic acids is 1. The topological polar surface area (TPSA) is 75.1 Å². The molecule has 0 spiro atoms. The number of anilines is 2. The Hall–Kier alpha value is -1.66. The lowest BCUT2D eigenvalue weighted by Crippen LogP contribution is -2.05. The minimum Gasteiger partial charge on any atom is -0.478 e. The molecule has 0 saturated carbocycles. The van der Waals surface area contributed by atoms with Crippen LogP contribution in [0, 0.1) is 6.92 Å². The van der Waals surface area contributed by atoms with Gasteiger partial charge >= 0.3 is 5.97 Å². The number of carbonyl (C=O) groups is 1. The van der Waals surface area contributed by atoms with Gasteiger partial charge in [0.1, 0.15) is 5.82 Å². The van der Waals surface area contributed by atoms with Crippen LogP contribution >= 0.6 is 27.5 Å². The Morgan fingerprint density at radius 2 is 2.05 bits per heavy atom. The van der Waals surface area contributed by atoms with E-state index in [0.717, 1.165) is 0 Å². The van der Waals surface area contributed by atoms with E-state index in [1.54, 1.807) is 25.1 Å². The van der Waals surface area contributed by atoms with Gasteiger partial charge in [-0.3, -0.25) is 0 Å². The van der Waals surface area contributed by atoms with Gasteiger partial charge in [-0.15, -0.1) is 0 Å². The fraction of sp³-hybridized carbons (Fsp3) is 0.0833. The first-order chi connectivity index (χ1) is 8.99. The van der Waals surface area contributed by atoms with Crippen molar-refractivity contribution in [1.29, 1.82) is 0 Å². The summed E-state index contributed by atoms with van der Waals surface area (Å²) in [6.45, 7) is 1.77. The van der Waals surface area contributed by atoms with Crippen molar-refractivity contribution in [3.8, 4) is 0 Å². The van der Waals surface area contributed by atoms with Crippen LogP contribution in [0.5, 0.6) is 0 Å². The first-order valence-electron chi connectivity index (χ1n) is 5.28. The van der Waals surface area contributed by atoms with Crippen LogP contribution < -0.4 is 5.32 Å². The van der Waals surface area contributed by atoms with Crippen LogP contribution in [0.15, 0.2) is 28.7 Å². The third-order valence-corrected chi connectivity index (χ3v) is 3.52. The smallest absolute Gasteiger partial charge is 0.337 e. The molecule has 1 heterocycles. The van der Waals surface area contributed by atoms with E-state index in [2.05, 4.69) is 31.2 Å². The highest BCUT2D eigenvalue weighted by atomic mass is 79.9. The monoisotopic (exact) mass is 341 g/mol.